The van der Waals surface area contributed by atoms with Crippen LogP contribution in [0.3, 0.4) is 0 Å². The summed E-state index contributed by atoms with van der Waals surface area (Å²) in [7, 11) is 0. The maximum Gasteiger partial charge on any atom is 0.417 e. The van der Waals surface area contributed by atoms with Crippen LogP contribution in [0.25, 0.3) is 11.1 Å². The molecular formula is C10H8N2O2. The van der Waals surface area contributed by atoms with Gasteiger partial charge >= 0.3 is 5.76 Å². The van der Waals surface area contributed by atoms with Gasteiger partial charge in [-0.25, -0.2) is 4.79 Å². The van der Waals surface area contributed by atoms with Crippen LogP contribution in [0.4, 0.5) is 0 Å². The van der Waals surface area contributed by atoms with Gasteiger partial charge in [-0.15, -0.1) is 0 Å². The molecular weight excluding hydrogens is 180 g/mol. The van der Waals surface area contributed by atoms with Gasteiger partial charge in [0.25, 0.3) is 0 Å². The van der Waals surface area contributed by atoms with Crippen molar-refractivity contribution in [3.8, 4) is 6.07 Å². The Kier molecular flexibility index (Phi) is 1.86. The molecule has 14 heavy (non-hydrogen) atoms. The standard InChI is InChI=1S/C10H8N2O2/c1-2-7-3-6(5-11)4-8-9(7)12-10(13)14-8/h3-4H,2H2,1H3,(H,12,13). The molecule has 0 spiro atoms. The van der Waals surface area contributed by atoms with Gasteiger partial charge in [0.05, 0.1) is 17.1 Å². The van der Waals surface area contributed by atoms with E-state index >= 15 is 0 Å². The fourth-order valence-corrected chi connectivity index (χ4v) is 1.47. The zero-order valence-electron chi connectivity index (χ0n) is 7.63. The first-order chi connectivity index (χ1) is 6.74. The number of hydrogen-bond donors (Lipinski definition) is 1. The molecule has 0 saturated carbocycles. The zero-order valence-corrected chi connectivity index (χ0v) is 7.63. The van der Waals surface area contributed by atoms with E-state index in [1.54, 1.807) is 12.1 Å². The number of oxazole rings is 1. The van der Waals surface area contributed by atoms with Crippen molar-refractivity contribution in [1.29, 1.82) is 5.26 Å². The Bertz CT molecular complexity index is 572. The third-order valence-electron chi connectivity index (χ3n) is 2.12. The van der Waals surface area contributed by atoms with Gasteiger partial charge in [0.1, 0.15) is 0 Å². The Morgan fingerprint density at radius 3 is 3.00 bits per heavy atom. The molecule has 0 aliphatic carbocycles. The number of benzene rings is 1. The second-order valence-corrected chi connectivity index (χ2v) is 2.99. The predicted octanol–water partition coefficient (Wildman–Crippen LogP) is 1.56. The summed E-state index contributed by atoms with van der Waals surface area (Å²) in [5.74, 6) is -0.482. The first-order valence-electron chi connectivity index (χ1n) is 4.30. The topological polar surface area (TPSA) is 69.8 Å². The minimum Gasteiger partial charge on any atom is -0.408 e. The highest BCUT2D eigenvalue weighted by Gasteiger charge is 2.07. The van der Waals surface area contributed by atoms with E-state index in [9.17, 15) is 4.79 Å². The number of aromatic nitrogens is 1. The molecule has 0 radical (unpaired) electrons. The molecule has 2 rings (SSSR count). The van der Waals surface area contributed by atoms with Crippen LogP contribution in [0.2, 0.25) is 0 Å². The highest BCUT2D eigenvalue weighted by molar-refractivity contribution is 5.78. The lowest BCUT2D eigenvalue weighted by Crippen LogP contribution is -1.94. The second kappa shape index (κ2) is 3.04. The average Bonchev–Trinajstić information content (AvgIpc) is 2.56. The van der Waals surface area contributed by atoms with Crippen LogP contribution >= 0.6 is 0 Å². The van der Waals surface area contributed by atoms with Crippen LogP contribution in [0, 0.1) is 11.3 Å². The summed E-state index contributed by atoms with van der Waals surface area (Å²) < 4.78 is 4.89. The van der Waals surface area contributed by atoms with E-state index in [-0.39, 0.29) is 0 Å². The van der Waals surface area contributed by atoms with Crippen LogP contribution in [-0.4, -0.2) is 4.98 Å². The van der Waals surface area contributed by atoms with E-state index in [0.29, 0.717) is 16.7 Å². The number of nitriles is 1. The highest BCUT2D eigenvalue weighted by atomic mass is 16.4. The number of nitrogens with zero attached hydrogens (tertiary/aromatic N) is 1. The molecule has 1 aromatic carbocycles. The second-order valence-electron chi connectivity index (χ2n) is 2.99. The molecule has 1 aromatic heterocycles. The lowest BCUT2D eigenvalue weighted by molar-refractivity contribution is 0.555. The predicted molar refractivity (Wildman–Crippen MR) is 50.9 cm³/mol. The normalized spacial score (nSPS) is 10.3. The summed E-state index contributed by atoms with van der Waals surface area (Å²) in [6.07, 6.45) is 0.751. The highest BCUT2D eigenvalue weighted by Crippen LogP contribution is 2.18. The minimum atomic E-state index is -0.482. The van der Waals surface area contributed by atoms with Crippen molar-refractivity contribution in [1.82, 2.24) is 4.98 Å². The maximum absolute atomic E-state index is 11.0. The van der Waals surface area contributed by atoms with Crippen molar-refractivity contribution in [3.63, 3.8) is 0 Å². The fraction of sp³-hybridized carbons (Fsp3) is 0.200. The molecule has 4 heteroatoms. The van der Waals surface area contributed by atoms with Gasteiger partial charge in [0.2, 0.25) is 0 Å². The van der Waals surface area contributed by atoms with E-state index in [0.717, 1.165) is 12.0 Å². The van der Waals surface area contributed by atoms with E-state index in [2.05, 4.69) is 4.98 Å². The van der Waals surface area contributed by atoms with Gasteiger partial charge < -0.3 is 4.42 Å². The molecule has 1 heterocycles. The van der Waals surface area contributed by atoms with Gasteiger partial charge in [-0.2, -0.15) is 5.26 Å². The first kappa shape index (κ1) is 8.57. The van der Waals surface area contributed by atoms with Crippen LogP contribution in [0.1, 0.15) is 18.1 Å². The van der Waals surface area contributed by atoms with Gasteiger partial charge in [-0.1, -0.05) is 6.92 Å². The Hall–Kier alpha value is -2.02. The number of rotatable bonds is 1. The fourth-order valence-electron chi connectivity index (χ4n) is 1.47. The Morgan fingerprint density at radius 1 is 1.57 bits per heavy atom. The molecule has 0 saturated heterocycles. The molecule has 70 valence electrons. The van der Waals surface area contributed by atoms with Crippen molar-refractivity contribution in [2.75, 3.05) is 0 Å². The number of fused-ring (bicyclic) bond motifs is 1. The summed E-state index contributed by atoms with van der Waals surface area (Å²) >= 11 is 0. The minimum absolute atomic E-state index is 0.450. The summed E-state index contributed by atoms with van der Waals surface area (Å²) in [5.41, 5.74) is 2.57. The van der Waals surface area contributed by atoms with Crippen LogP contribution < -0.4 is 5.76 Å². The molecule has 4 nitrogen and oxygen atoms in total. The van der Waals surface area contributed by atoms with Crippen LogP contribution in [0.15, 0.2) is 21.3 Å². The van der Waals surface area contributed by atoms with E-state index in [1.807, 2.05) is 13.0 Å². The van der Waals surface area contributed by atoms with Crippen LogP contribution in [-0.2, 0) is 6.42 Å². The molecule has 0 atom stereocenters. The number of aromatic amines is 1. The van der Waals surface area contributed by atoms with Crippen molar-refractivity contribution in [3.05, 3.63) is 33.8 Å². The van der Waals surface area contributed by atoms with E-state index in [4.69, 9.17) is 9.68 Å². The van der Waals surface area contributed by atoms with Crippen molar-refractivity contribution in [2.45, 2.75) is 13.3 Å². The Labute approximate surface area is 79.8 Å². The number of nitrogens with one attached hydrogen (secondary N) is 1. The summed E-state index contributed by atoms with van der Waals surface area (Å²) in [6, 6.07) is 5.35. The SMILES string of the molecule is CCc1cc(C#N)cc2oc(=O)[nH]c12. The average molecular weight is 188 g/mol. The third-order valence-corrected chi connectivity index (χ3v) is 2.12. The molecule has 0 aliphatic heterocycles. The molecule has 0 unspecified atom stereocenters. The van der Waals surface area contributed by atoms with Gasteiger partial charge in [0.15, 0.2) is 5.58 Å². The smallest absolute Gasteiger partial charge is 0.408 e. The lowest BCUT2D eigenvalue weighted by atomic mass is 10.1. The summed E-state index contributed by atoms with van der Waals surface area (Å²) in [4.78, 5) is 13.5. The first-order valence-corrected chi connectivity index (χ1v) is 4.30. The Morgan fingerprint density at radius 2 is 2.36 bits per heavy atom. The van der Waals surface area contributed by atoms with Gasteiger partial charge in [-0.3, -0.25) is 4.98 Å². The quantitative estimate of drug-likeness (QED) is 0.738. The molecule has 1 N–H and O–H groups in total. The van der Waals surface area contributed by atoms with Gasteiger partial charge in [0, 0.05) is 6.07 Å². The maximum atomic E-state index is 11.0. The molecule has 0 aliphatic rings. The summed E-state index contributed by atoms with van der Waals surface area (Å²) in [5, 5.41) is 8.74. The molecule has 2 aromatic rings. The molecule has 0 amide bonds. The van der Waals surface area contributed by atoms with E-state index in [1.165, 1.54) is 0 Å². The zero-order chi connectivity index (χ0) is 10.1. The van der Waals surface area contributed by atoms with Crippen molar-refractivity contribution in [2.24, 2.45) is 0 Å². The van der Waals surface area contributed by atoms with Crippen molar-refractivity contribution >= 4 is 11.1 Å². The molecule has 0 bridgehead atoms. The van der Waals surface area contributed by atoms with Gasteiger partial charge in [-0.05, 0) is 18.1 Å². The number of aryl methyl sites for hydroxylation is 1. The largest absolute Gasteiger partial charge is 0.417 e. The third kappa shape index (κ3) is 1.19. The monoisotopic (exact) mass is 188 g/mol. The lowest BCUT2D eigenvalue weighted by Gasteiger charge is -1.97. The summed E-state index contributed by atoms with van der Waals surface area (Å²) in [6.45, 7) is 1.96. The molecule has 0 fully saturated rings. The number of hydrogen-bond acceptors (Lipinski definition) is 3. The van der Waals surface area contributed by atoms with E-state index < -0.39 is 5.76 Å². The Balaban J connectivity index is 2.87. The van der Waals surface area contributed by atoms with Crippen molar-refractivity contribution < 1.29 is 4.42 Å². The van der Waals surface area contributed by atoms with Crippen LogP contribution in [0.5, 0.6) is 0 Å². The number of H-pyrrole nitrogens is 1.